The number of nitrogens with one attached hydrogen (secondary N) is 2. The van der Waals surface area contributed by atoms with E-state index in [0.29, 0.717) is 12.5 Å². The largest absolute Gasteiger partial charge is 0.357 e. The Morgan fingerprint density at radius 3 is 2.74 bits per heavy atom. The summed E-state index contributed by atoms with van der Waals surface area (Å²) in [7, 11) is 0. The van der Waals surface area contributed by atoms with E-state index < -0.39 is 0 Å². The molecule has 0 saturated carbocycles. The van der Waals surface area contributed by atoms with Crippen molar-refractivity contribution in [2.75, 3.05) is 39.3 Å². The maximum absolute atomic E-state index is 13.5. The SMILES string of the molecule is CCNC(=NCC(C)(C)c1cccc(F)c1)NCC1CCCN(CC)C1.I. The van der Waals surface area contributed by atoms with Crippen LogP contribution < -0.4 is 10.6 Å². The first-order valence-electron chi connectivity index (χ1n) is 9.95. The normalized spacial score (nSPS) is 18.7. The zero-order valence-corrected chi connectivity index (χ0v) is 19.6. The molecule has 27 heavy (non-hydrogen) atoms. The van der Waals surface area contributed by atoms with Gasteiger partial charge in [-0.2, -0.15) is 0 Å². The highest BCUT2D eigenvalue weighted by Gasteiger charge is 2.22. The van der Waals surface area contributed by atoms with Gasteiger partial charge in [0.25, 0.3) is 0 Å². The van der Waals surface area contributed by atoms with Gasteiger partial charge in [-0.15, -0.1) is 24.0 Å². The van der Waals surface area contributed by atoms with Crippen LogP contribution in [0.25, 0.3) is 0 Å². The van der Waals surface area contributed by atoms with Gasteiger partial charge in [0, 0.05) is 25.0 Å². The van der Waals surface area contributed by atoms with Crippen LogP contribution in [0.15, 0.2) is 29.3 Å². The predicted molar refractivity (Wildman–Crippen MR) is 124 cm³/mol. The van der Waals surface area contributed by atoms with Crippen molar-refractivity contribution in [2.24, 2.45) is 10.9 Å². The molecule has 1 unspecified atom stereocenters. The van der Waals surface area contributed by atoms with Crippen LogP contribution in [0.3, 0.4) is 0 Å². The molecule has 0 aromatic heterocycles. The van der Waals surface area contributed by atoms with Crippen LogP contribution in [0.1, 0.15) is 46.1 Å². The fourth-order valence-corrected chi connectivity index (χ4v) is 3.47. The Morgan fingerprint density at radius 1 is 1.30 bits per heavy atom. The van der Waals surface area contributed by atoms with Crippen LogP contribution in [0.4, 0.5) is 4.39 Å². The third-order valence-electron chi connectivity index (χ3n) is 5.19. The zero-order valence-electron chi connectivity index (χ0n) is 17.2. The molecule has 1 aliphatic rings. The van der Waals surface area contributed by atoms with E-state index in [2.05, 4.69) is 43.2 Å². The van der Waals surface area contributed by atoms with Gasteiger partial charge in [0.15, 0.2) is 5.96 Å². The Hall–Kier alpha value is -0.890. The summed E-state index contributed by atoms with van der Waals surface area (Å²) in [5, 5.41) is 6.84. The van der Waals surface area contributed by atoms with Gasteiger partial charge < -0.3 is 15.5 Å². The molecule has 0 spiro atoms. The molecular weight excluding hydrogens is 454 g/mol. The highest BCUT2D eigenvalue weighted by Crippen LogP contribution is 2.24. The van der Waals surface area contributed by atoms with Crippen LogP contribution in [0.2, 0.25) is 0 Å². The van der Waals surface area contributed by atoms with Crippen molar-refractivity contribution >= 4 is 29.9 Å². The molecule has 0 radical (unpaired) electrons. The number of guanidine groups is 1. The van der Waals surface area contributed by atoms with Crippen molar-refractivity contribution in [3.8, 4) is 0 Å². The third-order valence-corrected chi connectivity index (χ3v) is 5.19. The van der Waals surface area contributed by atoms with E-state index >= 15 is 0 Å². The van der Waals surface area contributed by atoms with Crippen molar-refractivity contribution in [1.29, 1.82) is 0 Å². The van der Waals surface area contributed by atoms with Gasteiger partial charge in [-0.3, -0.25) is 4.99 Å². The minimum atomic E-state index is -0.214. The number of nitrogens with zero attached hydrogens (tertiary/aromatic N) is 2. The molecule has 2 N–H and O–H groups in total. The van der Waals surface area contributed by atoms with E-state index in [-0.39, 0.29) is 35.2 Å². The number of benzene rings is 1. The molecule has 1 aromatic carbocycles. The minimum Gasteiger partial charge on any atom is -0.357 e. The lowest BCUT2D eigenvalue weighted by Crippen LogP contribution is -2.44. The van der Waals surface area contributed by atoms with Crippen molar-refractivity contribution in [1.82, 2.24) is 15.5 Å². The van der Waals surface area contributed by atoms with E-state index in [4.69, 9.17) is 4.99 Å². The zero-order chi connectivity index (χ0) is 19.0. The molecule has 2 rings (SSSR count). The lowest BCUT2D eigenvalue weighted by Gasteiger charge is -2.32. The average molecular weight is 490 g/mol. The van der Waals surface area contributed by atoms with Gasteiger partial charge in [0.1, 0.15) is 5.82 Å². The van der Waals surface area contributed by atoms with Gasteiger partial charge in [0.05, 0.1) is 6.54 Å². The summed E-state index contributed by atoms with van der Waals surface area (Å²) in [5.41, 5.74) is 0.761. The van der Waals surface area contributed by atoms with Crippen LogP contribution in [-0.4, -0.2) is 50.1 Å². The highest BCUT2D eigenvalue weighted by molar-refractivity contribution is 14.0. The first kappa shape index (κ1) is 24.1. The summed E-state index contributed by atoms with van der Waals surface area (Å²) >= 11 is 0. The van der Waals surface area contributed by atoms with Gasteiger partial charge in [-0.25, -0.2) is 4.39 Å². The Kier molecular flexibility index (Phi) is 10.6. The van der Waals surface area contributed by atoms with Gasteiger partial charge in [0.2, 0.25) is 0 Å². The number of hydrogen-bond acceptors (Lipinski definition) is 2. The fraction of sp³-hybridized carbons (Fsp3) is 0.667. The molecule has 6 heteroatoms. The molecule has 0 bridgehead atoms. The van der Waals surface area contributed by atoms with Crippen LogP contribution in [0, 0.1) is 11.7 Å². The monoisotopic (exact) mass is 490 g/mol. The number of hydrogen-bond donors (Lipinski definition) is 2. The Balaban J connectivity index is 0.00000364. The van der Waals surface area contributed by atoms with Crippen molar-refractivity contribution in [3.63, 3.8) is 0 Å². The van der Waals surface area contributed by atoms with Crippen molar-refractivity contribution in [2.45, 2.75) is 46.0 Å². The second-order valence-corrected chi connectivity index (χ2v) is 7.87. The Morgan fingerprint density at radius 2 is 2.07 bits per heavy atom. The first-order valence-corrected chi connectivity index (χ1v) is 9.95. The van der Waals surface area contributed by atoms with Crippen molar-refractivity contribution < 1.29 is 4.39 Å². The maximum Gasteiger partial charge on any atom is 0.191 e. The van der Waals surface area contributed by atoms with E-state index in [9.17, 15) is 4.39 Å². The first-order chi connectivity index (χ1) is 12.4. The minimum absolute atomic E-state index is 0. The lowest BCUT2D eigenvalue weighted by molar-refractivity contribution is 0.183. The molecule has 1 saturated heterocycles. The topological polar surface area (TPSA) is 39.7 Å². The molecule has 1 aliphatic heterocycles. The molecule has 4 nitrogen and oxygen atoms in total. The summed E-state index contributed by atoms with van der Waals surface area (Å²) in [4.78, 5) is 7.29. The van der Waals surface area contributed by atoms with Crippen molar-refractivity contribution in [3.05, 3.63) is 35.6 Å². The van der Waals surface area contributed by atoms with E-state index in [0.717, 1.165) is 37.7 Å². The maximum atomic E-state index is 13.5. The molecular formula is C21H36FIN4. The second kappa shape index (κ2) is 11.8. The van der Waals surface area contributed by atoms with Gasteiger partial charge in [-0.05, 0) is 56.5 Å². The summed E-state index contributed by atoms with van der Waals surface area (Å²) in [5.74, 6) is 1.33. The van der Waals surface area contributed by atoms with Crippen LogP contribution in [0.5, 0.6) is 0 Å². The number of piperidine rings is 1. The average Bonchev–Trinajstić information content (AvgIpc) is 2.64. The quantitative estimate of drug-likeness (QED) is 0.345. The molecule has 1 heterocycles. The summed E-state index contributed by atoms with van der Waals surface area (Å²) in [6.45, 7) is 14.4. The number of rotatable bonds is 7. The smallest absolute Gasteiger partial charge is 0.191 e. The van der Waals surface area contributed by atoms with E-state index in [1.165, 1.54) is 25.5 Å². The molecule has 154 valence electrons. The third kappa shape index (κ3) is 7.94. The summed E-state index contributed by atoms with van der Waals surface area (Å²) in [6.07, 6.45) is 2.55. The highest BCUT2D eigenvalue weighted by atomic mass is 127. The molecule has 0 amide bonds. The number of likely N-dealkylation sites (tertiary alicyclic amines) is 1. The molecule has 1 aromatic rings. The number of aliphatic imine (C=N–C) groups is 1. The second-order valence-electron chi connectivity index (χ2n) is 7.87. The van der Waals surface area contributed by atoms with Crippen LogP contribution >= 0.6 is 24.0 Å². The predicted octanol–water partition coefficient (Wildman–Crippen LogP) is 4.01. The summed E-state index contributed by atoms with van der Waals surface area (Å²) < 4.78 is 13.5. The van der Waals surface area contributed by atoms with Crippen LogP contribution in [-0.2, 0) is 5.41 Å². The summed E-state index contributed by atoms with van der Waals surface area (Å²) in [6, 6.07) is 6.83. The van der Waals surface area contributed by atoms with Gasteiger partial charge in [-0.1, -0.05) is 32.9 Å². The molecule has 1 fully saturated rings. The van der Waals surface area contributed by atoms with Gasteiger partial charge >= 0.3 is 0 Å². The Bertz CT molecular complexity index is 591. The molecule has 1 atom stereocenters. The standard InChI is InChI=1S/C21H35FN4.HI/c1-5-23-20(24-14-17-9-8-12-26(6-2)15-17)25-16-21(3,4)18-10-7-11-19(22)13-18;/h7,10-11,13,17H,5-6,8-9,12,14-16H2,1-4H3,(H2,23,24,25);1H. The lowest BCUT2D eigenvalue weighted by atomic mass is 9.85. The number of halogens is 2. The van der Waals surface area contributed by atoms with E-state index in [1.807, 2.05) is 6.07 Å². The van der Waals surface area contributed by atoms with E-state index in [1.54, 1.807) is 12.1 Å². The molecule has 0 aliphatic carbocycles. The fourth-order valence-electron chi connectivity index (χ4n) is 3.47. The Labute approximate surface area is 181 Å².